The van der Waals surface area contributed by atoms with E-state index in [9.17, 15) is 4.79 Å². The fourth-order valence-corrected chi connectivity index (χ4v) is 1.63. The van der Waals surface area contributed by atoms with Gasteiger partial charge < -0.3 is 4.42 Å². The van der Waals surface area contributed by atoms with Crippen molar-refractivity contribution >= 4 is 11.6 Å². The van der Waals surface area contributed by atoms with Crippen molar-refractivity contribution in [3.63, 3.8) is 0 Å². The highest BCUT2D eigenvalue weighted by molar-refractivity contribution is 6.02. The van der Waals surface area contributed by atoms with E-state index in [1.165, 1.54) is 11.3 Å². The third kappa shape index (κ3) is 2.60. The Hall–Kier alpha value is -2.07. The minimum atomic E-state index is -0.313. The highest BCUT2D eigenvalue weighted by atomic mass is 16.7. The average Bonchev–Trinajstić information content (AvgIpc) is 2.89. The Morgan fingerprint density at radius 1 is 1.33 bits per heavy atom. The lowest BCUT2D eigenvalue weighted by molar-refractivity contribution is 0.0653. The molecule has 0 saturated heterocycles. The van der Waals surface area contributed by atoms with Gasteiger partial charge in [-0.15, -0.1) is 0 Å². The number of carbonyl (C=O) groups is 1. The number of rotatable bonds is 4. The molecule has 1 heterocycles. The first-order chi connectivity index (χ1) is 8.72. The number of furan rings is 1. The molecule has 0 aliphatic rings. The minimum Gasteiger partial charge on any atom is -0.459 e. The van der Waals surface area contributed by atoms with Gasteiger partial charge in [0, 0.05) is 0 Å². The molecule has 0 atom stereocenters. The molecule has 4 heteroatoms. The van der Waals surface area contributed by atoms with Crippen molar-refractivity contribution in [2.75, 3.05) is 11.7 Å². The number of hydroxylamine groups is 1. The van der Waals surface area contributed by atoms with Gasteiger partial charge in [-0.25, -0.2) is 0 Å². The molecule has 0 radical (unpaired) electrons. The maximum absolute atomic E-state index is 12.2. The van der Waals surface area contributed by atoms with Crippen molar-refractivity contribution in [2.45, 2.75) is 13.8 Å². The number of amides is 1. The van der Waals surface area contributed by atoms with Gasteiger partial charge in [0.1, 0.15) is 0 Å². The molecule has 18 heavy (non-hydrogen) atoms. The van der Waals surface area contributed by atoms with E-state index in [0.717, 1.165) is 5.56 Å². The third-order valence-electron chi connectivity index (χ3n) is 2.41. The second-order valence-corrected chi connectivity index (χ2v) is 3.83. The molecule has 0 aliphatic carbocycles. The summed E-state index contributed by atoms with van der Waals surface area (Å²) in [5, 5.41) is 1.26. The van der Waals surface area contributed by atoms with Crippen molar-refractivity contribution in [3.05, 3.63) is 54.0 Å². The van der Waals surface area contributed by atoms with Crippen LogP contribution in [0.25, 0.3) is 0 Å². The Balaban J connectivity index is 2.31. The number of benzene rings is 1. The van der Waals surface area contributed by atoms with E-state index in [1.54, 1.807) is 12.1 Å². The zero-order valence-electron chi connectivity index (χ0n) is 10.4. The van der Waals surface area contributed by atoms with Gasteiger partial charge in [-0.1, -0.05) is 12.1 Å². The molecule has 0 fully saturated rings. The van der Waals surface area contributed by atoms with Gasteiger partial charge in [-0.3, -0.25) is 9.63 Å². The van der Waals surface area contributed by atoms with E-state index in [0.29, 0.717) is 12.3 Å². The van der Waals surface area contributed by atoms with Gasteiger partial charge in [0.05, 0.1) is 18.6 Å². The highest BCUT2D eigenvalue weighted by Gasteiger charge is 2.20. The smallest absolute Gasteiger partial charge is 0.317 e. The summed E-state index contributed by atoms with van der Waals surface area (Å²) in [4.78, 5) is 17.6. The number of nitrogens with zero attached hydrogens (tertiary/aromatic N) is 1. The van der Waals surface area contributed by atoms with Crippen LogP contribution in [-0.2, 0) is 4.84 Å². The SMILES string of the molecule is CCON(C(=O)c1ccco1)c1cccc(C)c1. The van der Waals surface area contributed by atoms with Gasteiger partial charge in [-0.05, 0) is 43.7 Å². The predicted octanol–water partition coefficient (Wildman–Crippen LogP) is 3.19. The Morgan fingerprint density at radius 2 is 2.17 bits per heavy atom. The molecule has 1 amide bonds. The van der Waals surface area contributed by atoms with Gasteiger partial charge >= 0.3 is 5.91 Å². The van der Waals surface area contributed by atoms with Crippen LogP contribution in [0.3, 0.4) is 0 Å². The van der Waals surface area contributed by atoms with Crippen LogP contribution in [0.1, 0.15) is 23.0 Å². The minimum absolute atomic E-state index is 0.255. The summed E-state index contributed by atoms with van der Waals surface area (Å²) in [6, 6.07) is 10.8. The first-order valence-corrected chi connectivity index (χ1v) is 5.80. The summed E-state index contributed by atoms with van der Waals surface area (Å²) in [5.41, 5.74) is 1.75. The topological polar surface area (TPSA) is 42.7 Å². The highest BCUT2D eigenvalue weighted by Crippen LogP contribution is 2.19. The van der Waals surface area contributed by atoms with Crippen LogP contribution in [0.5, 0.6) is 0 Å². The van der Waals surface area contributed by atoms with Crippen molar-refractivity contribution in [3.8, 4) is 0 Å². The molecule has 1 aromatic heterocycles. The first-order valence-electron chi connectivity index (χ1n) is 5.80. The molecule has 1 aromatic carbocycles. The Bertz CT molecular complexity index is 520. The quantitative estimate of drug-likeness (QED) is 0.777. The number of hydrogen-bond donors (Lipinski definition) is 0. The Kier molecular flexibility index (Phi) is 3.79. The average molecular weight is 245 g/mol. The van der Waals surface area contributed by atoms with E-state index < -0.39 is 0 Å². The maximum atomic E-state index is 12.2. The van der Waals surface area contributed by atoms with Gasteiger partial charge in [0.2, 0.25) is 0 Å². The van der Waals surface area contributed by atoms with Gasteiger partial charge in [0.15, 0.2) is 5.76 Å². The first kappa shape index (κ1) is 12.4. The van der Waals surface area contributed by atoms with E-state index in [2.05, 4.69) is 0 Å². The molecular formula is C14H15NO3. The fourth-order valence-electron chi connectivity index (χ4n) is 1.63. The largest absolute Gasteiger partial charge is 0.459 e. The normalized spacial score (nSPS) is 10.3. The summed E-state index contributed by atoms with van der Waals surface area (Å²) in [7, 11) is 0. The number of anilines is 1. The van der Waals surface area contributed by atoms with E-state index in [1.807, 2.05) is 38.1 Å². The second-order valence-electron chi connectivity index (χ2n) is 3.83. The fraction of sp³-hybridized carbons (Fsp3) is 0.214. The number of hydrogen-bond acceptors (Lipinski definition) is 3. The molecule has 2 aromatic rings. The van der Waals surface area contributed by atoms with Crippen LogP contribution in [0.2, 0.25) is 0 Å². The number of carbonyl (C=O) groups excluding carboxylic acids is 1. The predicted molar refractivity (Wildman–Crippen MR) is 68.3 cm³/mol. The molecule has 0 aliphatic heterocycles. The molecule has 0 unspecified atom stereocenters. The van der Waals surface area contributed by atoms with Crippen LogP contribution in [0.15, 0.2) is 47.1 Å². The van der Waals surface area contributed by atoms with Crippen molar-refractivity contribution < 1.29 is 14.0 Å². The van der Waals surface area contributed by atoms with Gasteiger partial charge in [0.25, 0.3) is 0 Å². The zero-order valence-corrected chi connectivity index (χ0v) is 10.4. The summed E-state index contributed by atoms with van der Waals surface area (Å²) in [6.07, 6.45) is 1.47. The van der Waals surface area contributed by atoms with E-state index in [-0.39, 0.29) is 11.7 Å². The third-order valence-corrected chi connectivity index (χ3v) is 2.41. The second kappa shape index (κ2) is 5.51. The summed E-state index contributed by atoms with van der Waals surface area (Å²) in [5.74, 6) is -0.0580. The summed E-state index contributed by atoms with van der Waals surface area (Å²) < 4.78 is 5.10. The van der Waals surface area contributed by atoms with Crippen LogP contribution in [0, 0.1) is 6.92 Å². The zero-order chi connectivity index (χ0) is 13.0. The van der Waals surface area contributed by atoms with Crippen LogP contribution in [0.4, 0.5) is 5.69 Å². The van der Waals surface area contributed by atoms with Crippen molar-refractivity contribution in [1.29, 1.82) is 0 Å². The molecule has 4 nitrogen and oxygen atoms in total. The van der Waals surface area contributed by atoms with Crippen LogP contribution >= 0.6 is 0 Å². The summed E-state index contributed by atoms with van der Waals surface area (Å²) >= 11 is 0. The van der Waals surface area contributed by atoms with Crippen LogP contribution < -0.4 is 5.06 Å². The lowest BCUT2D eigenvalue weighted by atomic mass is 10.2. The van der Waals surface area contributed by atoms with Crippen molar-refractivity contribution in [1.82, 2.24) is 0 Å². The molecular weight excluding hydrogens is 230 g/mol. The van der Waals surface area contributed by atoms with E-state index >= 15 is 0 Å². The maximum Gasteiger partial charge on any atom is 0.317 e. The van der Waals surface area contributed by atoms with Gasteiger partial charge in [-0.2, -0.15) is 5.06 Å². The Labute approximate surface area is 106 Å². The number of aryl methyl sites for hydroxylation is 1. The molecule has 0 saturated carbocycles. The summed E-state index contributed by atoms with van der Waals surface area (Å²) in [6.45, 7) is 4.20. The lowest BCUT2D eigenvalue weighted by Gasteiger charge is -2.20. The monoisotopic (exact) mass is 245 g/mol. The molecule has 0 spiro atoms. The van der Waals surface area contributed by atoms with Crippen molar-refractivity contribution in [2.24, 2.45) is 0 Å². The molecule has 94 valence electrons. The lowest BCUT2D eigenvalue weighted by Crippen LogP contribution is -2.30. The molecule has 0 bridgehead atoms. The van der Waals surface area contributed by atoms with Crippen LogP contribution in [-0.4, -0.2) is 12.5 Å². The molecule has 0 N–H and O–H groups in total. The molecule has 2 rings (SSSR count). The van der Waals surface area contributed by atoms with E-state index in [4.69, 9.17) is 9.25 Å². The standard InChI is InChI=1S/C14H15NO3/c1-3-18-15(12-7-4-6-11(2)10-12)14(16)13-8-5-9-17-13/h4-10H,3H2,1-2H3. The Morgan fingerprint density at radius 3 is 2.78 bits per heavy atom.